The average Bonchev–Trinajstić information content (AvgIpc) is 2.65. The summed E-state index contributed by atoms with van der Waals surface area (Å²) in [4.78, 5) is 6.78. The SMILES string of the molecule is CN=C(NCCc1ccccc1OC)N1CCc2ccccc2C1.I. The van der Waals surface area contributed by atoms with E-state index in [1.165, 1.54) is 16.7 Å². The van der Waals surface area contributed by atoms with Gasteiger partial charge < -0.3 is 15.0 Å². The van der Waals surface area contributed by atoms with E-state index >= 15 is 0 Å². The van der Waals surface area contributed by atoms with Crippen molar-refractivity contribution in [2.75, 3.05) is 27.2 Å². The number of aliphatic imine (C=N–C) groups is 1. The Hall–Kier alpha value is -1.76. The van der Waals surface area contributed by atoms with Gasteiger partial charge in [0.25, 0.3) is 0 Å². The molecule has 5 heteroatoms. The molecule has 0 bridgehead atoms. The van der Waals surface area contributed by atoms with Gasteiger partial charge in [-0.05, 0) is 35.6 Å². The second-order valence-corrected chi connectivity index (χ2v) is 5.98. The zero-order valence-electron chi connectivity index (χ0n) is 14.9. The molecule has 0 saturated carbocycles. The third kappa shape index (κ3) is 4.87. The highest BCUT2D eigenvalue weighted by Gasteiger charge is 2.18. The van der Waals surface area contributed by atoms with Crippen LogP contribution in [0.1, 0.15) is 16.7 Å². The van der Waals surface area contributed by atoms with E-state index in [0.29, 0.717) is 0 Å². The van der Waals surface area contributed by atoms with Crippen molar-refractivity contribution in [1.29, 1.82) is 0 Å². The minimum atomic E-state index is 0. The normalized spacial score (nSPS) is 13.7. The summed E-state index contributed by atoms with van der Waals surface area (Å²) in [6.45, 7) is 2.76. The second-order valence-electron chi connectivity index (χ2n) is 5.98. The van der Waals surface area contributed by atoms with Crippen molar-refractivity contribution in [2.45, 2.75) is 19.4 Å². The highest BCUT2D eigenvalue weighted by Crippen LogP contribution is 2.19. The van der Waals surface area contributed by atoms with Crippen LogP contribution in [0.3, 0.4) is 0 Å². The molecule has 0 atom stereocenters. The Morgan fingerprint density at radius 2 is 1.84 bits per heavy atom. The van der Waals surface area contributed by atoms with Crippen molar-refractivity contribution in [2.24, 2.45) is 4.99 Å². The molecule has 0 saturated heterocycles. The van der Waals surface area contributed by atoms with Crippen molar-refractivity contribution in [1.82, 2.24) is 10.2 Å². The second kappa shape index (κ2) is 9.65. The number of nitrogens with zero attached hydrogens (tertiary/aromatic N) is 2. The van der Waals surface area contributed by atoms with Gasteiger partial charge in [-0.15, -0.1) is 24.0 Å². The van der Waals surface area contributed by atoms with Gasteiger partial charge in [-0.25, -0.2) is 0 Å². The standard InChI is InChI=1S/C20H25N3O.HI/c1-21-20(22-13-11-17-8-5-6-10-19(17)24-2)23-14-12-16-7-3-4-9-18(16)15-23;/h3-10H,11-15H2,1-2H3,(H,21,22);1H. The third-order valence-corrected chi connectivity index (χ3v) is 4.51. The molecule has 2 aromatic rings. The van der Waals surface area contributed by atoms with E-state index in [9.17, 15) is 0 Å². The Morgan fingerprint density at radius 1 is 1.12 bits per heavy atom. The van der Waals surface area contributed by atoms with Crippen molar-refractivity contribution in [3.05, 3.63) is 65.2 Å². The molecule has 0 unspecified atom stereocenters. The van der Waals surface area contributed by atoms with E-state index in [1.807, 2.05) is 25.2 Å². The van der Waals surface area contributed by atoms with E-state index in [2.05, 4.69) is 45.5 Å². The Bertz CT molecular complexity index is 718. The Balaban J connectivity index is 0.00000225. The fourth-order valence-corrected chi connectivity index (χ4v) is 3.23. The van der Waals surface area contributed by atoms with Gasteiger partial charge in [-0.3, -0.25) is 4.99 Å². The van der Waals surface area contributed by atoms with Crippen LogP contribution in [0.4, 0.5) is 0 Å². The molecule has 3 rings (SSSR count). The highest BCUT2D eigenvalue weighted by atomic mass is 127. The average molecular weight is 451 g/mol. The monoisotopic (exact) mass is 451 g/mol. The van der Waals surface area contributed by atoms with Crippen molar-refractivity contribution in [3.8, 4) is 5.75 Å². The molecular weight excluding hydrogens is 425 g/mol. The number of methoxy groups -OCH3 is 1. The number of hydrogen-bond donors (Lipinski definition) is 1. The van der Waals surface area contributed by atoms with Crippen LogP contribution in [-0.4, -0.2) is 38.1 Å². The van der Waals surface area contributed by atoms with Crippen LogP contribution >= 0.6 is 24.0 Å². The molecule has 0 aromatic heterocycles. The molecule has 2 aromatic carbocycles. The topological polar surface area (TPSA) is 36.9 Å². The number of ether oxygens (including phenoxy) is 1. The Morgan fingerprint density at radius 3 is 2.60 bits per heavy atom. The first-order valence-electron chi connectivity index (χ1n) is 8.46. The number of hydrogen-bond acceptors (Lipinski definition) is 2. The molecule has 0 aliphatic carbocycles. The minimum absolute atomic E-state index is 0. The van der Waals surface area contributed by atoms with Crippen LogP contribution in [0.15, 0.2) is 53.5 Å². The van der Waals surface area contributed by atoms with Gasteiger partial charge >= 0.3 is 0 Å². The maximum Gasteiger partial charge on any atom is 0.193 e. The molecule has 1 N–H and O–H groups in total. The molecule has 0 radical (unpaired) electrons. The quantitative estimate of drug-likeness (QED) is 0.440. The first-order valence-corrected chi connectivity index (χ1v) is 8.46. The van der Waals surface area contributed by atoms with Crippen LogP contribution in [0.5, 0.6) is 5.75 Å². The van der Waals surface area contributed by atoms with Gasteiger partial charge in [0.2, 0.25) is 0 Å². The number of halogens is 1. The van der Waals surface area contributed by atoms with Crippen molar-refractivity contribution in [3.63, 3.8) is 0 Å². The van der Waals surface area contributed by atoms with E-state index in [1.54, 1.807) is 7.11 Å². The van der Waals surface area contributed by atoms with Gasteiger partial charge in [0, 0.05) is 26.7 Å². The lowest BCUT2D eigenvalue weighted by Gasteiger charge is -2.31. The van der Waals surface area contributed by atoms with E-state index in [0.717, 1.165) is 44.2 Å². The number of rotatable bonds is 4. The molecule has 0 amide bonds. The van der Waals surface area contributed by atoms with Gasteiger partial charge in [0.1, 0.15) is 5.75 Å². The molecular formula is C20H26IN3O. The number of guanidine groups is 1. The minimum Gasteiger partial charge on any atom is -0.496 e. The fourth-order valence-electron chi connectivity index (χ4n) is 3.23. The Kier molecular flexibility index (Phi) is 7.55. The summed E-state index contributed by atoms with van der Waals surface area (Å²) in [7, 11) is 3.57. The zero-order chi connectivity index (χ0) is 16.8. The Labute approximate surface area is 167 Å². The first kappa shape index (κ1) is 19.6. The number of fused-ring (bicyclic) bond motifs is 1. The number of benzene rings is 2. The fraction of sp³-hybridized carbons (Fsp3) is 0.350. The molecule has 1 aliphatic heterocycles. The maximum absolute atomic E-state index is 5.42. The molecule has 25 heavy (non-hydrogen) atoms. The molecule has 0 spiro atoms. The van der Waals surface area contributed by atoms with E-state index in [4.69, 9.17) is 4.74 Å². The summed E-state index contributed by atoms with van der Waals surface area (Å²) in [5.74, 6) is 1.92. The van der Waals surface area contributed by atoms with E-state index in [-0.39, 0.29) is 24.0 Å². The van der Waals surface area contributed by atoms with E-state index < -0.39 is 0 Å². The van der Waals surface area contributed by atoms with Crippen LogP contribution < -0.4 is 10.1 Å². The summed E-state index contributed by atoms with van der Waals surface area (Å²) in [5.41, 5.74) is 4.07. The van der Waals surface area contributed by atoms with Crippen LogP contribution in [-0.2, 0) is 19.4 Å². The molecule has 134 valence electrons. The largest absolute Gasteiger partial charge is 0.496 e. The molecule has 1 heterocycles. The van der Waals surface area contributed by atoms with Gasteiger partial charge in [0.15, 0.2) is 5.96 Å². The number of nitrogens with one attached hydrogen (secondary N) is 1. The lowest BCUT2D eigenvalue weighted by Crippen LogP contribution is -2.44. The summed E-state index contributed by atoms with van der Waals surface area (Å²) in [6.07, 6.45) is 1.98. The lowest BCUT2D eigenvalue weighted by molar-refractivity contribution is 0.378. The molecule has 4 nitrogen and oxygen atoms in total. The summed E-state index contributed by atoms with van der Waals surface area (Å²) >= 11 is 0. The van der Waals surface area contributed by atoms with Gasteiger partial charge in [0.05, 0.1) is 7.11 Å². The summed E-state index contributed by atoms with van der Waals surface area (Å²) in [6, 6.07) is 16.8. The molecule has 0 fully saturated rings. The molecule has 1 aliphatic rings. The van der Waals surface area contributed by atoms with Gasteiger partial charge in [-0.1, -0.05) is 42.5 Å². The lowest BCUT2D eigenvalue weighted by atomic mass is 10.0. The zero-order valence-corrected chi connectivity index (χ0v) is 17.2. The number of para-hydroxylation sites is 1. The van der Waals surface area contributed by atoms with Crippen molar-refractivity contribution < 1.29 is 4.74 Å². The smallest absolute Gasteiger partial charge is 0.193 e. The third-order valence-electron chi connectivity index (χ3n) is 4.51. The predicted octanol–water partition coefficient (Wildman–Crippen LogP) is 3.49. The van der Waals surface area contributed by atoms with Crippen LogP contribution in [0, 0.1) is 0 Å². The highest BCUT2D eigenvalue weighted by molar-refractivity contribution is 14.0. The summed E-state index contributed by atoms with van der Waals surface area (Å²) < 4.78 is 5.42. The first-order chi connectivity index (χ1) is 11.8. The van der Waals surface area contributed by atoms with Gasteiger partial charge in [-0.2, -0.15) is 0 Å². The predicted molar refractivity (Wildman–Crippen MR) is 114 cm³/mol. The summed E-state index contributed by atoms with van der Waals surface area (Å²) in [5, 5.41) is 3.49. The van der Waals surface area contributed by atoms with Crippen LogP contribution in [0.2, 0.25) is 0 Å². The van der Waals surface area contributed by atoms with Crippen molar-refractivity contribution >= 4 is 29.9 Å². The van der Waals surface area contributed by atoms with Crippen LogP contribution in [0.25, 0.3) is 0 Å². The maximum atomic E-state index is 5.42.